The van der Waals surface area contributed by atoms with Crippen LogP contribution in [0, 0.1) is 11.6 Å². The minimum Gasteiger partial charge on any atom is -0.384 e. The molecule has 3 rings (SSSR count). The molecule has 2 amide bonds. The maximum absolute atomic E-state index is 14.2. The highest BCUT2D eigenvalue weighted by Gasteiger charge is 2.62. The van der Waals surface area contributed by atoms with Gasteiger partial charge in [0.15, 0.2) is 0 Å². The molecule has 2 aromatic carbocycles. The zero-order valence-corrected chi connectivity index (χ0v) is 20.4. The molecule has 1 atom stereocenters. The van der Waals surface area contributed by atoms with Gasteiger partial charge in [-0.25, -0.2) is 8.78 Å². The fourth-order valence-corrected chi connectivity index (χ4v) is 4.19. The van der Waals surface area contributed by atoms with Crippen molar-refractivity contribution in [2.75, 3.05) is 45.6 Å². The summed E-state index contributed by atoms with van der Waals surface area (Å²) in [5, 5.41) is 16.5. The third-order valence-corrected chi connectivity index (χ3v) is 6.24. The number of carbonyl (C=O) groups is 2. The summed E-state index contributed by atoms with van der Waals surface area (Å²) in [6, 6.07) is 8.22. The van der Waals surface area contributed by atoms with E-state index in [1.165, 1.54) is 32.3 Å². The summed E-state index contributed by atoms with van der Waals surface area (Å²) >= 11 is 0. The highest BCUT2D eigenvalue weighted by atomic mass is 19.4. The fraction of sp³-hybridized carbons (Fsp3) is 0.440. The zero-order chi connectivity index (χ0) is 27.4. The molecule has 2 aromatic rings. The normalized spacial score (nSPS) is 16.3. The van der Waals surface area contributed by atoms with Crippen molar-refractivity contribution >= 4 is 17.5 Å². The first kappa shape index (κ1) is 28.3. The Morgan fingerprint density at radius 2 is 1.59 bits per heavy atom. The van der Waals surface area contributed by atoms with E-state index < -0.39 is 46.4 Å². The minimum atomic E-state index is -5.19. The third kappa shape index (κ3) is 6.19. The molecule has 1 heterocycles. The van der Waals surface area contributed by atoms with Crippen LogP contribution in [0.5, 0.6) is 0 Å². The maximum Gasteiger partial charge on any atom is 0.430 e. The van der Waals surface area contributed by atoms with Crippen molar-refractivity contribution in [2.24, 2.45) is 0 Å². The van der Waals surface area contributed by atoms with Crippen molar-refractivity contribution < 1.29 is 36.6 Å². The number of piperidine rings is 1. The first-order valence-electron chi connectivity index (χ1n) is 11.7. The lowest BCUT2D eigenvalue weighted by molar-refractivity contribution is -0.262. The molecule has 7 nitrogen and oxygen atoms in total. The number of likely N-dealkylation sites (tertiary alicyclic amines) is 1. The number of hydrogen-bond acceptors (Lipinski definition) is 5. The summed E-state index contributed by atoms with van der Waals surface area (Å²) in [5.41, 5.74) is -4.65. The molecular weight excluding hydrogens is 499 g/mol. The zero-order valence-electron chi connectivity index (χ0n) is 20.4. The fourth-order valence-electron chi connectivity index (χ4n) is 4.19. The molecule has 0 aliphatic carbocycles. The molecule has 0 saturated carbocycles. The van der Waals surface area contributed by atoms with Crippen molar-refractivity contribution in [3.63, 3.8) is 0 Å². The number of rotatable bonds is 8. The Morgan fingerprint density at radius 3 is 2.11 bits per heavy atom. The van der Waals surface area contributed by atoms with Gasteiger partial charge in [0.1, 0.15) is 17.2 Å². The van der Waals surface area contributed by atoms with Gasteiger partial charge in [0, 0.05) is 57.6 Å². The molecule has 0 aromatic heterocycles. The molecule has 3 N–H and O–H groups in total. The van der Waals surface area contributed by atoms with E-state index in [-0.39, 0.29) is 31.4 Å². The molecule has 0 unspecified atom stereocenters. The largest absolute Gasteiger partial charge is 0.430 e. The molecule has 0 spiro atoms. The summed E-state index contributed by atoms with van der Waals surface area (Å²) in [6.45, 7) is 0.692. The molecule has 1 saturated heterocycles. The molecule has 1 aliphatic heterocycles. The molecule has 1 aliphatic rings. The Bertz CT molecular complexity index is 1080. The van der Waals surface area contributed by atoms with Crippen LogP contribution < -0.4 is 10.6 Å². The Hall–Kier alpha value is -3.25. The van der Waals surface area contributed by atoms with Crippen molar-refractivity contribution in [2.45, 2.75) is 30.7 Å². The van der Waals surface area contributed by atoms with Gasteiger partial charge >= 0.3 is 6.18 Å². The summed E-state index contributed by atoms with van der Waals surface area (Å²) in [7, 11) is 2.78. The summed E-state index contributed by atoms with van der Waals surface area (Å²) in [4.78, 5) is 26.8. The number of aliphatic hydroxyl groups is 1. The quantitative estimate of drug-likeness (QED) is 0.362. The van der Waals surface area contributed by atoms with E-state index >= 15 is 0 Å². The molecule has 1 fully saturated rings. The second-order valence-corrected chi connectivity index (χ2v) is 9.04. The van der Waals surface area contributed by atoms with Crippen LogP contribution in [0.15, 0.2) is 42.5 Å². The highest BCUT2D eigenvalue weighted by Crippen LogP contribution is 2.40. The molecule has 202 valence electrons. The van der Waals surface area contributed by atoms with E-state index in [2.05, 4.69) is 10.6 Å². The van der Waals surface area contributed by atoms with E-state index in [1.54, 1.807) is 0 Å². The average Bonchev–Trinajstić information content (AvgIpc) is 2.85. The number of halogens is 5. The van der Waals surface area contributed by atoms with Crippen LogP contribution in [-0.2, 0) is 10.4 Å². The van der Waals surface area contributed by atoms with Crippen LogP contribution in [0.4, 0.5) is 27.6 Å². The van der Waals surface area contributed by atoms with Crippen LogP contribution in [0.25, 0.3) is 0 Å². The standard InChI is InChI=1S/C25H29F5N4O3/c1-33(2)22(35)21-19(26)14-18(15-20(21)27)32-11-10-31-17-8-12-34(13-9-17)23(36)24(37,25(28,29)30)16-6-4-3-5-7-16/h3-7,14-15,17,31-32,37H,8-13H2,1-2H3/t24-/m1/s1. The summed E-state index contributed by atoms with van der Waals surface area (Å²) < 4.78 is 69.8. The van der Waals surface area contributed by atoms with Crippen LogP contribution in [0.1, 0.15) is 28.8 Å². The van der Waals surface area contributed by atoms with Gasteiger partial charge in [-0.2, -0.15) is 13.2 Å². The molecule has 0 bridgehead atoms. The van der Waals surface area contributed by atoms with Crippen LogP contribution in [-0.4, -0.2) is 79.2 Å². The topological polar surface area (TPSA) is 84.9 Å². The highest BCUT2D eigenvalue weighted by molar-refractivity contribution is 5.94. The molecule has 12 heteroatoms. The molecule has 0 radical (unpaired) electrons. The van der Waals surface area contributed by atoms with Gasteiger partial charge in [-0.3, -0.25) is 9.59 Å². The number of carbonyl (C=O) groups excluding carboxylic acids is 2. The third-order valence-electron chi connectivity index (χ3n) is 6.24. The van der Waals surface area contributed by atoms with E-state index in [1.807, 2.05) is 0 Å². The smallest absolute Gasteiger partial charge is 0.384 e. The molecular formula is C25H29F5N4O3. The summed E-state index contributed by atoms with van der Waals surface area (Å²) in [5.74, 6) is -4.17. The number of benzene rings is 2. The lowest BCUT2D eigenvalue weighted by Crippen LogP contribution is -2.58. The van der Waals surface area contributed by atoms with Crippen LogP contribution in [0.2, 0.25) is 0 Å². The van der Waals surface area contributed by atoms with Gasteiger partial charge in [-0.1, -0.05) is 30.3 Å². The first-order chi connectivity index (χ1) is 17.4. The maximum atomic E-state index is 14.2. The van der Waals surface area contributed by atoms with Crippen molar-refractivity contribution in [3.05, 3.63) is 65.2 Å². The number of amides is 2. The molecule has 37 heavy (non-hydrogen) atoms. The lowest BCUT2D eigenvalue weighted by atomic mass is 9.90. The van der Waals surface area contributed by atoms with Gasteiger partial charge in [0.25, 0.3) is 17.4 Å². The number of anilines is 1. The SMILES string of the molecule is CN(C)C(=O)c1c(F)cc(NCCNC2CCN(C(=O)[C@](O)(c3ccccc3)C(F)(F)F)CC2)cc1F. The van der Waals surface area contributed by atoms with Gasteiger partial charge in [0.2, 0.25) is 0 Å². The average molecular weight is 529 g/mol. The Balaban J connectivity index is 1.51. The van der Waals surface area contributed by atoms with Crippen molar-refractivity contribution in [1.82, 2.24) is 15.1 Å². The van der Waals surface area contributed by atoms with E-state index in [0.717, 1.165) is 34.1 Å². The van der Waals surface area contributed by atoms with Gasteiger partial charge in [-0.15, -0.1) is 0 Å². The van der Waals surface area contributed by atoms with Crippen molar-refractivity contribution in [3.8, 4) is 0 Å². The summed E-state index contributed by atoms with van der Waals surface area (Å²) in [6.07, 6.45) is -4.47. The van der Waals surface area contributed by atoms with E-state index in [0.29, 0.717) is 19.4 Å². The monoisotopic (exact) mass is 528 g/mol. The minimum absolute atomic E-state index is 0.0208. The Kier molecular flexibility index (Phi) is 8.75. The van der Waals surface area contributed by atoms with E-state index in [9.17, 15) is 36.6 Å². The second-order valence-electron chi connectivity index (χ2n) is 9.04. The van der Waals surface area contributed by atoms with Gasteiger partial charge < -0.3 is 25.5 Å². The lowest BCUT2D eigenvalue weighted by Gasteiger charge is -2.38. The Morgan fingerprint density at radius 1 is 1.03 bits per heavy atom. The number of nitrogens with zero attached hydrogens (tertiary/aromatic N) is 2. The second kappa shape index (κ2) is 11.4. The number of alkyl halides is 3. The van der Waals surface area contributed by atoms with E-state index in [4.69, 9.17) is 0 Å². The van der Waals surface area contributed by atoms with Gasteiger partial charge in [0.05, 0.1) is 0 Å². The van der Waals surface area contributed by atoms with Crippen LogP contribution >= 0.6 is 0 Å². The first-order valence-corrected chi connectivity index (χ1v) is 11.7. The predicted octanol–water partition coefficient (Wildman–Crippen LogP) is 3.11. The van der Waals surface area contributed by atoms with Crippen LogP contribution in [0.3, 0.4) is 0 Å². The number of hydrogen-bond donors (Lipinski definition) is 3. The van der Waals surface area contributed by atoms with Gasteiger partial charge in [-0.05, 0) is 25.0 Å². The Labute approximate surface area is 211 Å². The number of nitrogens with one attached hydrogen (secondary N) is 2. The van der Waals surface area contributed by atoms with Crippen molar-refractivity contribution in [1.29, 1.82) is 0 Å². The predicted molar refractivity (Wildman–Crippen MR) is 127 cm³/mol.